The molecule has 0 aliphatic carbocycles. The molecule has 1 rings (SSSR count). The lowest BCUT2D eigenvalue weighted by Gasteiger charge is -2.20. The smallest absolute Gasteiger partial charge is 0.337 e. The van der Waals surface area contributed by atoms with Gasteiger partial charge in [-0.2, -0.15) is 4.31 Å². The Morgan fingerprint density at radius 1 is 1.28 bits per heavy atom. The van der Waals surface area contributed by atoms with Gasteiger partial charge in [-0.1, -0.05) is 26.0 Å². The molecule has 6 heteroatoms. The van der Waals surface area contributed by atoms with Crippen LogP contribution in [0.4, 0.5) is 0 Å². The molecule has 0 aliphatic rings. The highest BCUT2D eigenvalue weighted by Gasteiger charge is 2.26. The SMILES string of the molecule is CCCN(CC)S(=O)(=O)c1ccccc1C(=O)O. The average molecular weight is 271 g/mol. The standard InChI is InChI=1S/C12H17NO4S/c1-3-9-13(4-2)18(16,17)11-8-6-5-7-10(11)12(14)15/h5-8H,3-4,9H2,1-2H3,(H,14,15). The Balaban J connectivity index is 3.32. The zero-order valence-electron chi connectivity index (χ0n) is 10.5. The second-order valence-corrected chi connectivity index (χ2v) is 5.70. The third-order valence-corrected chi connectivity index (χ3v) is 4.59. The summed E-state index contributed by atoms with van der Waals surface area (Å²) in [4.78, 5) is 10.9. The number of nitrogens with zero attached hydrogens (tertiary/aromatic N) is 1. The summed E-state index contributed by atoms with van der Waals surface area (Å²) in [6.07, 6.45) is 0.683. The van der Waals surface area contributed by atoms with E-state index in [1.54, 1.807) is 6.92 Å². The normalized spacial score (nSPS) is 11.7. The van der Waals surface area contributed by atoms with Crippen LogP contribution in [0.1, 0.15) is 30.6 Å². The van der Waals surface area contributed by atoms with Crippen molar-refractivity contribution in [1.82, 2.24) is 4.31 Å². The zero-order chi connectivity index (χ0) is 13.8. The molecule has 100 valence electrons. The number of carboxylic acids is 1. The molecule has 0 unspecified atom stereocenters. The second kappa shape index (κ2) is 5.97. The molecular weight excluding hydrogens is 254 g/mol. The van der Waals surface area contributed by atoms with E-state index in [2.05, 4.69) is 0 Å². The van der Waals surface area contributed by atoms with Crippen molar-refractivity contribution in [2.24, 2.45) is 0 Å². The molecule has 0 saturated carbocycles. The van der Waals surface area contributed by atoms with Crippen molar-refractivity contribution in [2.45, 2.75) is 25.2 Å². The fourth-order valence-corrected chi connectivity index (χ4v) is 3.43. The molecule has 0 saturated heterocycles. The van der Waals surface area contributed by atoms with E-state index in [0.717, 1.165) is 0 Å². The Labute approximate surface area is 107 Å². The lowest BCUT2D eigenvalue weighted by molar-refractivity contribution is 0.0692. The fraction of sp³-hybridized carbons (Fsp3) is 0.417. The summed E-state index contributed by atoms with van der Waals surface area (Å²) in [5, 5.41) is 9.03. The van der Waals surface area contributed by atoms with Gasteiger partial charge < -0.3 is 5.11 Å². The molecule has 1 aromatic rings. The Bertz CT molecular complexity index is 525. The van der Waals surface area contributed by atoms with Gasteiger partial charge in [0.15, 0.2) is 0 Å². The Morgan fingerprint density at radius 2 is 1.89 bits per heavy atom. The highest BCUT2D eigenvalue weighted by atomic mass is 32.2. The van der Waals surface area contributed by atoms with E-state index in [1.165, 1.54) is 28.6 Å². The molecule has 1 N–H and O–H groups in total. The van der Waals surface area contributed by atoms with Gasteiger partial charge in [0.2, 0.25) is 10.0 Å². The van der Waals surface area contributed by atoms with E-state index in [0.29, 0.717) is 19.5 Å². The van der Waals surface area contributed by atoms with Gasteiger partial charge in [0.1, 0.15) is 0 Å². The number of aromatic carboxylic acids is 1. The Morgan fingerprint density at radius 3 is 2.39 bits per heavy atom. The first-order valence-corrected chi connectivity index (χ1v) is 7.21. The molecule has 1 aromatic carbocycles. The second-order valence-electron chi connectivity index (χ2n) is 3.80. The lowest BCUT2D eigenvalue weighted by atomic mass is 10.2. The number of benzene rings is 1. The van der Waals surface area contributed by atoms with E-state index in [4.69, 9.17) is 5.11 Å². The number of hydrogen-bond donors (Lipinski definition) is 1. The molecule has 0 amide bonds. The van der Waals surface area contributed by atoms with Crippen LogP contribution in [0.5, 0.6) is 0 Å². The quantitative estimate of drug-likeness (QED) is 0.856. The Kier molecular flexibility index (Phi) is 4.86. The number of rotatable bonds is 6. The van der Waals surface area contributed by atoms with Gasteiger partial charge in [0, 0.05) is 13.1 Å². The predicted molar refractivity (Wildman–Crippen MR) is 68.1 cm³/mol. The minimum atomic E-state index is -3.74. The van der Waals surface area contributed by atoms with Gasteiger partial charge in [-0.3, -0.25) is 0 Å². The first-order valence-electron chi connectivity index (χ1n) is 5.77. The van der Waals surface area contributed by atoms with Crippen LogP contribution in [0.2, 0.25) is 0 Å². The maximum atomic E-state index is 12.3. The monoisotopic (exact) mass is 271 g/mol. The summed E-state index contributed by atoms with van der Waals surface area (Å²) >= 11 is 0. The molecule has 0 spiro atoms. The van der Waals surface area contributed by atoms with Gasteiger partial charge in [0.25, 0.3) is 0 Å². The largest absolute Gasteiger partial charge is 0.478 e. The molecule has 0 atom stereocenters. The minimum absolute atomic E-state index is 0.146. The zero-order valence-corrected chi connectivity index (χ0v) is 11.3. The molecule has 0 fully saturated rings. The number of carboxylic acid groups (broad SMARTS) is 1. The van der Waals surface area contributed by atoms with Crippen LogP contribution in [-0.2, 0) is 10.0 Å². The summed E-state index contributed by atoms with van der Waals surface area (Å²) in [6.45, 7) is 4.31. The van der Waals surface area contributed by atoms with Gasteiger partial charge in [-0.15, -0.1) is 0 Å². The molecule has 0 heterocycles. The third kappa shape index (κ3) is 2.88. The van der Waals surface area contributed by atoms with Crippen LogP contribution in [0.3, 0.4) is 0 Å². The van der Waals surface area contributed by atoms with Crippen molar-refractivity contribution < 1.29 is 18.3 Å². The van der Waals surface area contributed by atoms with Crippen molar-refractivity contribution in [3.63, 3.8) is 0 Å². The summed E-state index contributed by atoms with van der Waals surface area (Å²) in [5.74, 6) is -1.23. The number of sulfonamides is 1. The Hall–Kier alpha value is -1.40. The van der Waals surface area contributed by atoms with E-state index in [1.807, 2.05) is 6.92 Å². The van der Waals surface area contributed by atoms with Gasteiger partial charge >= 0.3 is 5.97 Å². The van der Waals surface area contributed by atoms with Crippen LogP contribution in [0.25, 0.3) is 0 Å². The first-order chi connectivity index (χ1) is 8.45. The van der Waals surface area contributed by atoms with E-state index in [-0.39, 0.29) is 10.5 Å². The van der Waals surface area contributed by atoms with E-state index < -0.39 is 16.0 Å². The highest BCUT2D eigenvalue weighted by molar-refractivity contribution is 7.89. The van der Waals surface area contributed by atoms with Crippen molar-refractivity contribution >= 4 is 16.0 Å². The third-order valence-electron chi connectivity index (χ3n) is 2.56. The minimum Gasteiger partial charge on any atom is -0.478 e. The van der Waals surface area contributed by atoms with Crippen molar-refractivity contribution in [2.75, 3.05) is 13.1 Å². The van der Waals surface area contributed by atoms with E-state index >= 15 is 0 Å². The fourth-order valence-electron chi connectivity index (χ4n) is 1.71. The van der Waals surface area contributed by atoms with Gasteiger partial charge in [-0.05, 0) is 18.6 Å². The summed E-state index contributed by atoms with van der Waals surface area (Å²) in [5.41, 5.74) is -0.188. The molecule has 18 heavy (non-hydrogen) atoms. The maximum absolute atomic E-state index is 12.3. The highest BCUT2D eigenvalue weighted by Crippen LogP contribution is 2.20. The van der Waals surface area contributed by atoms with Gasteiger partial charge in [0.05, 0.1) is 10.5 Å². The predicted octanol–water partition coefficient (Wildman–Crippen LogP) is 1.81. The maximum Gasteiger partial charge on any atom is 0.337 e. The van der Waals surface area contributed by atoms with Crippen LogP contribution < -0.4 is 0 Å². The average Bonchev–Trinajstić information content (AvgIpc) is 2.35. The molecule has 0 radical (unpaired) electrons. The number of hydrogen-bond acceptors (Lipinski definition) is 3. The van der Waals surface area contributed by atoms with Gasteiger partial charge in [-0.25, -0.2) is 13.2 Å². The van der Waals surface area contributed by atoms with Crippen LogP contribution in [0, 0.1) is 0 Å². The van der Waals surface area contributed by atoms with Crippen LogP contribution in [0.15, 0.2) is 29.2 Å². The van der Waals surface area contributed by atoms with Crippen molar-refractivity contribution in [3.8, 4) is 0 Å². The summed E-state index contributed by atoms with van der Waals surface area (Å²) < 4.78 is 26.0. The molecule has 0 aliphatic heterocycles. The lowest BCUT2D eigenvalue weighted by Crippen LogP contribution is -2.32. The van der Waals surface area contributed by atoms with Crippen molar-refractivity contribution in [1.29, 1.82) is 0 Å². The topological polar surface area (TPSA) is 74.7 Å². The summed E-state index contributed by atoms with van der Waals surface area (Å²) in [6, 6.07) is 5.67. The van der Waals surface area contributed by atoms with Crippen LogP contribution in [-0.4, -0.2) is 36.9 Å². The summed E-state index contributed by atoms with van der Waals surface area (Å²) in [7, 11) is -3.74. The van der Waals surface area contributed by atoms with Crippen molar-refractivity contribution in [3.05, 3.63) is 29.8 Å². The molecular formula is C12H17NO4S. The van der Waals surface area contributed by atoms with Crippen LogP contribution >= 0.6 is 0 Å². The number of carbonyl (C=O) groups is 1. The molecule has 0 aromatic heterocycles. The molecule has 5 nitrogen and oxygen atoms in total. The van der Waals surface area contributed by atoms with E-state index in [9.17, 15) is 13.2 Å². The first kappa shape index (κ1) is 14.7. The molecule has 0 bridgehead atoms.